The third-order valence-electron chi connectivity index (χ3n) is 4.39. The van der Waals surface area contributed by atoms with Crippen LogP contribution in [0.5, 0.6) is 0 Å². The smallest absolute Gasteiger partial charge is 0.160 e. The van der Waals surface area contributed by atoms with Gasteiger partial charge in [0.2, 0.25) is 0 Å². The van der Waals surface area contributed by atoms with Crippen molar-refractivity contribution in [3.8, 4) is 0 Å². The van der Waals surface area contributed by atoms with Crippen LogP contribution in [-0.2, 0) is 10.3 Å². The van der Waals surface area contributed by atoms with Crippen LogP contribution >= 0.6 is 0 Å². The third kappa shape index (κ3) is 3.01. The van der Waals surface area contributed by atoms with Crippen LogP contribution in [0.25, 0.3) is 0 Å². The fourth-order valence-electron chi connectivity index (χ4n) is 3.06. The summed E-state index contributed by atoms with van der Waals surface area (Å²) in [7, 11) is 1.78. The van der Waals surface area contributed by atoms with Gasteiger partial charge in [0.15, 0.2) is 5.82 Å². The molecule has 0 amide bonds. The van der Waals surface area contributed by atoms with E-state index in [4.69, 9.17) is 9.72 Å². The zero-order valence-electron chi connectivity index (χ0n) is 13.2. The molecule has 2 rings (SSSR count). The topological polar surface area (TPSA) is 47.0 Å². The van der Waals surface area contributed by atoms with E-state index in [0.717, 1.165) is 37.3 Å². The second-order valence-corrected chi connectivity index (χ2v) is 5.82. The van der Waals surface area contributed by atoms with E-state index < -0.39 is 0 Å². The van der Waals surface area contributed by atoms with Crippen LogP contribution in [0.1, 0.15) is 69.1 Å². The van der Waals surface area contributed by atoms with E-state index in [0.29, 0.717) is 6.04 Å². The van der Waals surface area contributed by atoms with Crippen molar-refractivity contribution in [1.29, 1.82) is 0 Å². The standard InChI is InChI=1S/C16H27N3O/c1-5-10-17-12(2)14-11-18-15(19-13(14)3)16(20-4)8-6-7-9-16/h11-12,17H,5-10H2,1-4H3. The highest BCUT2D eigenvalue weighted by Crippen LogP contribution is 2.40. The Bertz CT molecular complexity index is 441. The lowest BCUT2D eigenvalue weighted by Gasteiger charge is -2.26. The monoisotopic (exact) mass is 277 g/mol. The number of aromatic nitrogens is 2. The van der Waals surface area contributed by atoms with Gasteiger partial charge in [-0.2, -0.15) is 0 Å². The number of aryl methyl sites for hydroxylation is 1. The molecule has 1 N–H and O–H groups in total. The quantitative estimate of drug-likeness (QED) is 0.867. The molecule has 1 heterocycles. The van der Waals surface area contributed by atoms with Crippen molar-refractivity contribution in [3.63, 3.8) is 0 Å². The molecule has 1 aliphatic carbocycles. The summed E-state index contributed by atoms with van der Waals surface area (Å²) < 4.78 is 5.76. The Balaban J connectivity index is 2.21. The van der Waals surface area contributed by atoms with Crippen molar-refractivity contribution >= 4 is 0 Å². The number of nitrogens with zero attached hydrogens (tertiary/aromatic N) is 2. The van der Waals surface area contributed by atoms with Gasteiger partial charge < -0.3 is 10.1 Å². The fourth-order valence-corrected chi connectivity index (χ4v) is 3.06. The van der Waals surface area contributed by atoms with E-state index in [9.17, 15) is 0 Å². The van der Waals surface area contributed by atoms with E-state index >= 15 is 0 Å². The van der Waals surface area contributed by atoms with Gasteiger partial charge in [0.05, 0.1) is 0 Å². The second kappa shape index (κ2) is 6.64. The maximum atomic E-state index is 5.76. The van der Waals surface area contributed by atoms with E-state index in [2.05, 4.69) is 31.1 Å². The maximum Gasteiger partial charge on any atom is 0.160 e. The number of rotatable bonds is 6. The van der Waals surface area contributed by atoms with Crippen molar-refractivity contribution in [2.24, 2.45) is 0 Å². The fraction of sp³-hybridized carbons (Fsp3) is 0.750. The van der Waals surface area contributed by atoms with Crippen LogP contribution < -0.4 is 5.32 Å². The summed E-state index contributed by atoms with van der Waals surface area (Å²) in [6, 6.07) is 0.297. The molecule has 1 unspecified atom stereocenters. The highest BCUT2D eigenvalue weighted by Gasteiger charge is 2.38. The van der Waals surface area contributed by atoms with Gasteiger partial charge in [0.1, 0.15) is 5.60 Å². The van der Waals surface area contributed by atoms with Crippen LogP contribution in [-0.4, -0.2) is 23.6 Å². The highest BCUT2D eigenvalue weighted by molar-refractivity contribution is 5.22. The summed E-state index contributed by atoms with van der Waals surface area (Å²) in [6.45, 7) is 7.44. The zero-order chi connectivity index (χ0) is 14.6. The van der Waals surface area contributed by atoms with Crippen molar-refractivity contribution in [2.75, 3.05) is 13.7 Å². The lowest BCUT2D eigenvalue weighted by molar-refractivity contribution is -0.0164. The predicted octanol–water partition coefficient (Wildman–Crippen LogP) is 3.26. The number of ether oxygens (including phenoxy) is 1. The maximum absolute atomic E-state index is 5.76. The van der Waals surface area contributed by atoms with E-state index in [-0.39, 0.29) is 5.60 Å². The molecular formula is C16H27N3O. The lowest BCUT2D eigenvalue weighted by Crippen LogP contribution is -2.28. The molecule has 0 aromatic carbocycles. The lowest BCUT2D eigenvalue weighted by atomic mass is 10.00. The molecule has 4 heteroatoms. The Labute approximate surface area is 122 Å². The van der Waals surface area contributed by atoms with Gasteiger partial charge in [-0.15, -0.1) is 0 Å². The number of methoxy groups -OCH3 is 1. The molecule has 0 radical (unpaired) electrons. The van der Waals surface area contributed by atoms with Crippen molar-refractivity contribution in [1.82, 2.24) is 15.3 Å². The second-order valence-electron chi connectivity index (χ2n) is 5.82. The normalized spacial score (nSPS) is 19.2. The average molecular weight is 277 g/mol. The minimum absolute atomic E-state index is 0.247. The molecule has 0 bridgehead atoms. The molecule has 1 aromatic heterocycles. The van der Waals surface area contributed by atoms with Gasteiger partial charge in [-0.3, -0.25) is 0 Å². The van der Waals surface area contributed by atoms with Crippen molar-refractivity contribution in [3.05, 3.63) is 23.3 Å². The van der Waals surface area contributed by atoms with Crippen LogP contribution in [0.2, 0.25) is 0 Å². The minimum atomic E-state index is -0.247. The Morgan fingerprint density at radius 2 is 2.10 bits per heavy atom. The van der Waals surface area contributed by atoms with Gasteiger partial charge in [-0.05, 0) is 52.5 Å². The molecular weight excluding hydrogens is 250 g/mol. The number of nitrogens with one attached hydrogen (secondary N) is 1. The molecule has 4 nitrogen and oxygen atoms in total. The Kier molecular flexibility index (Phi) is 5.11. The zero-order valence-corrected chi connectivity index (χ0v) is 13.2. The average Bonchev–Trinajstić information content (AvgIpc) is 2.94. The van der Waals surface area contributed by atoms with Gasteiger partial charge in [-0.25, -0.2) is 9.97 Å². The summed E-state index contributed by atoms with van der Waals surface area (Å²) in [6.07, 6.45) is 7.58. The molecule has 0 spiro atoms. The first-order valence-corrected chi connectivity index (χ1v) is 7.75. The number of hydrogen-bond acceptors (Lipinski definition) is 4. The Morgan fingerprint density at radius 3 is 2.65 bits per heavy atom. The molecule has 1 atom stereocenters. The molecule has 112 valence electrons. The molecule has 0 aliphatic heterocycles. The van der Waals surface area contributed by atoms with Crippen LogP contribution in [0.3, 0.4) is 0 Å². The predicted molar refractivity (Wildman–Crippen MR) is 80.6 cm³/mol. The summed E-state index contributed by atoms with van der Waals surface area (Å²) >= 11 is 0. The van der Waals surface area contributed by atoms with Gasteiger partial charge in [-0.1, -0.05) is 6.92 Å². The summed E-state index contributed by atoms with van der Waals surface area (Å²) in [5.41, 5.74) is 2.00. The van der Waals surface area contributed by atoms with Crippen molar-refractivity contribution in [2.45, 2.75) is 64.5 Å². The van der Waals surface area contributed by atoms with Gasteiger partial charge >= 0.3 is 0 Å². The van der Waals surface area contributed by atoms with E-state index in [1.165, 1.54) is 18.4 Å². The molecule has 1 fully saturated rings. The van der Waals surface area contributed by atoms with Crippen LogP contribution in [0, 0.1) is 6.92 Å². The van der Waals surface area contributed by atoms with Gasteiger partial charge in [0, 0.05) is 30.6 Å². The van der Waals surface area contributed by atoms with Crippen molar-refractivity contribution < 1.29 is 4.74 Å². The first kappa shape index (κ1) is 15.4. The van der Waals surface area contributed by atoms with E-state index in [1.54, 1.807) is 7.11 Å². The molecule has 1 aliphatic rings. The molecule has 1 aromatic rings. The summed E-state index contributed by atoms with van der Waals surface area (Å²) in [5, 5.41) is 3.49. The van der Waals surface area contributed by atoms with Gasteiger partial charge in [0.25, 0.3) is 0 Å². The van der Waals surface area contributed by atoms with Crippen LogP contribution in [0.15, 0.2) is 6.20 Å². The largest absolute Gasteiger partial charge is 0.370 e. The first-order chi connectivity index (χ1) is 9.63. The molecule has 0 saturated heterocycles. The SMILES string of the molecule is CCCNC(C)c1cnc(C2(OC)CCCC2)nc1C. The molecule has 20 heavy (non-hydrogen) atoms. The summed E-state index contributed by atoms with van der Waals surface area (Å²) in [5.74, 6) is 0.862. The summed E-state index contributed by atoms with van der Waals surface area (Å²) in [4.78, 5) is 9.37. The molecule has 1 saturated carbocycles. The highest BCUT2D eigenvalue weighted by atomic mass is 16.5. The minimum Gasteiger partial charge on any atom is -0.370 e. The van der Waals surface area contributed by atoms with E-state index in [1.807, 2.05) is 6.20 Å². The first-order valence-electron chi connectivity index (χ1n) is 7.75. The number of hydrogen-bond donors (Lipinski definition) is 1. The van der Waals surface area contributed by atoms with Crippen LogP contribution in [0.4, 0.5) is 0 Å². The third-order valence-corrected chi connectivity index (χ3v) is 4.39. The Morgan fingerprint density at radius 1 is 1.40 bits per heavy atom. The Hall–Kier alpha value is -1.00.